The Morgan fingerprint density at radius 2 is 2.14 bits per heavy atom. The third kappa shape index (κ3) is 8.27. The minimum absolute atomic E-state index is 0.342. The van der Waals surface area contributed by atoms with E-state index in [1.165, 1.54) is 6.42 Å². The average molecular weight is 404 g/mol. The molecule has 0 radical (unpaired) electrons. The summed E-state index contributed by atoms with van der Waals surface area (Å²) in [7, 11) is 0. The molecule has 2 aromatic heterocycles. The second-order valence-electron chi connectivity index (χ2n) is 7.18. The predicted octanol–water partition coefficient (Wildman–Crippen LogP) is 2.68. The molecule has 0 saturated carbocycles. The van der Waals surface area contributed by atoms with E-state index in [2.05, 4.69) is 58.0 Å². The van der Waals surface area contributed by atoms with E-state index in [-0.39, 0.29) is 0 Å². The monoisotopic (exact) mass is 403 g/mol. The van der Waals surface area contributed by atoms with Gasteiger partial charge in [-0.3, -0.25) is 0 Å². The molecule has 0 aliphatic rings. The van der Waals surface area contributed by atoms with Gasteiger partial charge in [0.25, 0.3) is 0 Å². The molecule has 0 saturated heterocycles. The van der Waals surface area contributed by atoms with Crippen molar-refractivity contribution in [2.24, 2.45) is 4.99 Å². The lowest BCUT2D eigenvalue weighted by molar-refractivity contribution is 0.292. The van der Waals surface area contributed by atoms with E-state index < -0.39 is 0 Å². The zero-order valence-electron chi connectivity index (χ0n) is 18.4. The van der Waals surface area contributed by atoms with E-state index in [9.17, 15) is 0 Å². The van der Waals surface area contributed by atoms with Crippen molar-refractivity contribution in [1.29, 1.82) is 0 Å². The topological polar surface area (TPSA) is 83.5 Å². The Labute approximate surface area is 174 Å². The van der Waals surface area contributed by atoms with Crippen LogP contribution in [0.15, 0.2) is 34.1 Å². The molecule has 0 bridgehead atoms. The third-order valence-electron chi connectivity index (χ3n) is 5.02. The number of nitrogens with one attached hydrogen (secondary N) is 2. The van der Waals surface area contributed by atoms with E-state index in [1.807, 2.05) is 12.1 Å². The number of hydrogen-bond donors (Lipinski definition) is 2. The van der Waals surface area contributed by atoms with Crippen molar-refractivity contribution in [1.82, 2.24) is 30.3 Å². The first-order valence-corrected chi connectivity index (χ1v) is 10.8. The fraction of sp³-hybridized carbons (Fsp3) is 0.667. The van der Waals surface area contributed by atoms with Gasteiger partial charge in [-0.05, 0) is 51.5 Å². The molecule has 0 fully saturated rings. The number of rotatable bonds is 13. The number of aromatic nitrogens is 3. The summed E-state index contributed by atoms with van der Waals surface area (Å²) in [5, 5.41) is 15.1. The minimum Gasteiger partial charge on any atom is -0.467 e. The number of aryl methyl sites for hydroxylation is 1. The summed E-state index contributed by atoms with van der Waals surface area (Å²) < 4.78 is 7.48. The van der Waals surface area contributed by atoms with Crippen LogP contribution in [-0.4, -0.2) is 57.8 Å². The maximum Gasteiger partial charge on any atom is 0.191 e. The van der Waals surface area contributed by atoms with Crippen molar-refractivity contribution in [2.45, 2.75) is 66.1 Å². The van der Waals surface area contributed by atoms with Crippen LogP contribution in [0.4, 0.5) is 0 Å². The van der Waals surface area contributed by atoms with E-state index in [1.54, 1.807) is 12.6 Å². The average Bonchev–Trinajstić information content (AvgIpc) is 3.41. The Morgan fingerprint density at radius 3 is 2.83 bits per heavy atom. The summed E-state index contributed by atoms with van der Waals surface area (Å²) in [6.45, 7) is 14.2. The second-order valence-corrected chi connectivity index (χ2v) is 7.18. The Bertz CT molecular complexity index is 692. The molecule has 29 heavy (non-hydrogen) atoms. The minimum atomic E-state index is 0.342. The fourth-order valence-electron chi connectivity index (χ4n) is 3.21. The Hall–Kier alpha value is -2.35. The van der Waals surface area contributed by atoms with Gasteiger partial charge in [-0.25, -0.2) is 4.99 Å². The lowest BCUT2D eigenvalue weighted by atomic mass is 10.2. The quantitative estimate of drug-likeness (QED) is 0.395. The molecule has 0 aliphatic carbocycles. The lowest BCUT2D eigenvalue weighted by Crippen LogP contribution is -2.43. The van der Waals surface area contributed by atoms with Crippen LogP contribution in [-0.2, 0) is 19.5 Å². The molecule has 0 spiro atoms. The number of nitrogens with zero attached hydrogens (tertiary/aromatic N) is 5. The van der Waals surface area contributed by atoms with Crippen LogP contribution in [0.2, 0.25) is 0 Å². The SMILES string of the molecule is CCc1nncn1CCNC(=NCc1ccco1)NC(C)CCCN(CC)CC. The van der Waals surface area contributed by atoms with Crippen LogP contribution in [0.1, 0.15) is 52.1 Å². The molecule has 0 aromatic carbocycles. The Balaban J connectivity index is 1.85. The summed E-state index contributed by atoms with van der Waals surface area (Å²) in [6.07, 6.45) is 6.61. The first-order valence-electron chi connectivity index (χ1n) is 10.8. The van der Waals surface area contributed by atoms with Crippen LogP contribution >= 0.6 is 0 Å². The smallest absolute Gasteiger partial charge is 0.191 e. The van der Waals surface area contributed by atoms with Gasteiger partial charge >= 0.3 is 0 Å². The van der Waals surface area contributed by atoms with Gasteiger partial charge in [0.05, 0.1) is 6.26 Å². The van der Waals surface area contributed by atoms with Crippen LogP contribution in [0.25, 0.3) is 0 Å². The molecule has 2 N–H and O–H groups in total. The molecule has 0 amide bonds. The van der Waals surface area contributed by atoms with Gasteiger partial charge in [0.2, 0.25) is 0 Å². The van der Waals surface area contributed by atoms with Crippen molar-refractivity contribution in [3.63, 3.8) is 0 Å². The van der Waals surface area contributed by atoms with Gasteiger partial charge in [-0.2, -0.15) is 0 Å². The maximum absolute atomic E-state index is 5.41. The maximum atomic E-state index is 5.41. The van der Waals surface area contributed by atoms with Gasteiger partial charge < -0.3 is 24.5 Å². The molecule has 1 unspecified atom stereocenters. The standard InChI is InChI=1S/C21H37N7O/c1-5-20-26-24-17-28(20)14-12-22-21(23-16-19-11-9-15-29-19)25-18(4)10-8-13-27(6-2)7-3/h9,11,15,17-18H,5-8,10,12-14,16H2,1-4H3,(H2,22,23,25). The first kappa shape index (κ1) is 22.9. The highest BCUT2D eigenvalue weighted by atomic mass is 16.3. The molecule has 8 nitrogen and oxygen atoms in total. The van der Waals surface area contributed by atoms with Gasteiger partial charge in [0, 0.05) is 25.6 Å². The summed E-state index contributed by atoms with van der Waals surface area (Å²) in [6, 6.07) is 4.17. The summed E-state index contributed by atoms with van der Waals surface area (Å²) >= 11 is 0. The van der Waals surface area contributed by atoms with Gasteiger partial charge in [0.1, 0.15) is 24.5 Å². The number of aliphatic imine (C=N–C) groups is 1. The normalized spacial score (nSPS) is 13.1. The van der Waals surface area contributed by atoms with Crippen molar-refractivity contribution in [3.8, 4) is 0 Å². The molecule has 0 aliphatic heterocycles. The van der Waals surface area contributed by atoms with Gasteiger partial charge in [-0.1, -0.05) is 20.8 Å². The third-order valence-corrected chi connectivity index (χ3v) is 5.02. The molecule has 1 atom stereocenters. The lowest BCUT2D eigenvalue weighted by Gasteiger charge is -2.21. The van der Waals surface area contributed by atoms with Crippen molar-refractivity contribution < 1.29 is 4.42 Å². The Morgan fingerprint density at radius 1 is 1.31 bits per heavy atom. The van der Waals surface area contributed by atoms with Crippen LogP contribution in [0, 0.1) is 0 Å². The molecular weight excluding hydrogens is 366 g/mol. The Kier molecular flexibility index (Phi) is 10.3. The van der Waals surface area contributed by atoms with E-state index >= 15 is 0 Å². The zero-order chi connectivity index (χ0) is 20.9. The molecule has 2 aromatic rings. The van der Waals surface area contributed by atoms with Gasteiger partial charge in [0.15, 0.2) is 5.96 Å². The fourth-order valence-corrected chi connectivity index (χ4v) is 3.21. The van der Waals surface area contributed by atoms with Crippen LogP contribution in [0.3, 0.4) is 0 Å². The van der Waals surface area contributed by atoms with E-state index in [4.69, 9.17) is 9.41 Å². The largest absolute Gasteiger partial charge is 0.467 e. The van der Waals surface area contributed by atoms with Crippen molar-refractivity contribution >= 4 is 5.96 Å². The summed E-state index contributed by atoms with van der Waals surface area (Å²) in [4.78, 5) is 7.15. The zero-order valence-corrected chi connectivity index (χ0v) is 18.4. The highest BCUT2D eigenvalue weighted by Gasteiger charge is 2.08. The van der Waals surface area contributed by atoms with E-state index in [0.29, 0.717) is 12.6 Å². The summed E-state index contributed by atoms with van der Waals surface area (Å²) in [5.74, 6) is 2.66. The molecule has 8 heteroatoms. The van der Waals surface area contributed by atoms with E-state index in [0.717, 1.165) is 63.1 Å². The number of furan rings is 1. The predicted molar refractivity (Wildman–Crippen MR) is 117 cm³/mol. The van der Waals surface area contributed by atoms with Crippen LogP contribution < -0.4 is 10.6 Å². The summed E-state index contributed by atoms with van der Waals surface area (Å²) in [5.41, 5.74) is 0. The molecule has 2 rings (SSSR count). The molecular formula is C21H37N7O. The highest BCUT2D eigenvalue weighted by Crippen LogP contribution is 2.03. The first-order chi connectivity index (χ1) is 14.2. The molecule has 162 valence electrons. The van der Waals surface area contributed by atoms with Gasteiger partial charge in [-0.15, -0.1) is 10.2 Å². The number of guanidine groups is 1. The van der Waals surface area contributed by atoms with Crippen LogP contribution in [0.5, 0.6) is 0 Å². The highest BCUT2D eigenvalue weighted by molar-refractivity contribution is 5.80. The second kappa shape index (κ2) is 13.0. The number of hydrogen-bond acceptors (Lipinski definition) is 5. The van der Waals surface area contributed by atoms with Crippen molar-refractivity contribution in [2.75, 3.05) is 26.2 Å². The molecule has 2 heterocycles. The van der Waals surface area contributed by atoms with Crippen molar-refractivity contribution in [3.05, 3.63) is 36.3 Å².